The number of carbonyl (C=O) groups is 1. The van der Waals surface area contributed by atoms with Crippen LogP contribution in [0.2, 0.25) is 0 Å². The fraction of sp³-hybridized carbons (Fsp3) is 0.417. The van der Waals surface area contributed by atoms with Crippen molar-refractivity contribution < 1.29 is 9.18 Å². The number of halogens is 2. The highest BCUT2D eigenvalue weighted by Crippen LogP contribution is 2.41. The molecule has 17 heavy (non-hydrogen) atoms. The van der Waals surface area contributed by atoms with Crippen LogP contribution < -0.4 is 11.1 Å². The molecule has 0 aromatic heterocycles. The second-order valence-corrected chi connectivity index (χ2v) is 5.33. The smallest absolute Gasteiger partial charge is 0.231 e. The Balaban J connectivity index is 2.13. The van der Waals surface area contributed by atoms with Crippen molar-refractivity contribution >= 4 is 27.5 Å². The summed E-state index contributed by atoms with van der Waals surface area (Å²) in [5.41, 5.74) is 5.34. The van der Waals surface area contributed by atoms with Gasteiger partial charge >= 0.3 is 0 Å². The van der Waals surface area contributed by atoms with E-state index < -0.39 is 11.2 Å². The minimum atomic E-state index is -0.487. The van der Waals surface area contributed by atoms with Gasteiger partial charge in [0.05, 0.1) is 11.1 Å². The lowest BCUT2D eigenvalue weighted by atomic mass is 9.68. The average Bonchev–Trinajstić information content (AvgIpc) is 2.21. The highest BCUT2D eigenvalue weighted by Gasteiger charge is 2.42. The summed E-state index contributed by atoms with van der Waals surface area (Å²) in [6, 6.07) is 4.56. The Morgan fingerprint density at radius 3 is 2.71 bits per heavy atom. The Morgan fingerprint density at radius 1 is 1.53 bits per heavy atom. The molecule has 2 rings (SSSR count). The summed E-state index contributed by atoms with van der Waals surface area (Å²) < 4.78 is 14.2. The van der Waals surface area contributed by atoms with E-state index in [-0.39, 0.29) is 11.6 Å². The average molecular weight is 301 g/mol. The molecule has 0 spiro atoms. The van der Waals surface area contributed by atoms with Gasteiger partial charge in [0.2, 0.25) is 5.91 Å². The van der Waals surface area contributed by atoms with Crippen LogP contribution in [-0.2, 0) is 4.79 Å². The molecular formula is C12H14BrFN2O. The summed E-state index contributed by atoms with van der Waals surface area (Å²) in [7, 11) is 0. The molecule has 0 heterocycles. The van der Waals surface area contributed by atoms with Gasteiger partial charge in [0.1, 0.15) is 5.82 Å². The van der Waals surface area contributed by atoms with Gasteiger partial charge in [-0.25, -0.2) is 4.39 Å². The van der Waals surface area contributed by atoms with Crippen molar-refractivity contribution in [3.63, 3.8) is 0 Å². The predicted molar refractivity (Wildman–Crippen MR) is 68.1 cm³/mol. The standard InChI is InChI=1S/C12H14BrFN2O/c13-8-2-3-10(9(14)6-8)16-11(17)12(7-15)4-1-5-12/h2-3,6H,1,4-5,7,15H2,(H,16,17). The van der Waals surface area contributed by atoms with Crippen LogP contribution >= 0.6 is 15.9 Å². The molecule has 0 saturated heterocycles. The third-order valence-electron chi connectivity index (χ3n) is 3.36. The number of hydrogen-bond acceptors (Lipinski definition) is 2. The number of rotatable bonds is 3. The zero-order chi connectivity index (χ0) is 12.5. The second kappa shape index (κ2) is 4.74. The highest BCUT2D eigenvalue weighted by molar-refractivity contribution is 9.10. The summed E-state index contributed by atoms with van der Waals surface area (Å²) in [5, 5.41) is 2.62. The summed E-state index contributed by atoms with van der Waals surface area (Å²) in [4.78, 5) is 12.0. The van der Waals surface area contributed by atoms with E-state index in [2.05, 4.69) is 21.2 Å². The van der Waals surface area contributed by atoms with Crippen molar-refractivity contribution in [2.24, 2.45) is 11.1 Å². The summed E-state index contributed by atoms with van der Waals surface area (Å²) in [6.07, 6.45) is 2.58. The van der Waals surface area contributed by atoms with E-state index in [0.717, 1.165) is 19.3 Å². The van der Waals surface area contributed by atoms with Gasteiger partial charge in [0, 0.05) is 11.0 Å². The quantitative estimate of drug-likeness (QED) is 0.902. The molecule has 1 aliphatic rings. The van der Waals surface area contributed by atoms with Crippen LogP contribution in [0.5, 0.6) is 0 Å². The normalized spacial score (nSPS) is 17.4. The molecule has 0 unspecified atom stereocenters. The number of benzene rings is 1. The van der Waals surface area contributed by atoms with E-state index in [1.165, 1.54) is 6.07 Å². The Bertz CT molecular complexity index is 441. The molecule has 1 amide bonds. The van der Waals surface area contributed by atoms with Crippen LogP contribution in [0.1, 0.15) is 19.3 Å². The third-order valence-corrected chi connectivity index (χ3v) is 3.86. The number of anilines is 1. The maximum absolute atomic E-state index is 13.5. The molecule has 92 valence electrons. The minimum Gasteiger partial charge on any atom is -0.329 e. The maximum atomic E-state index is 13.5. The molecule has 0 aliphatic heterocycles. The first-order chi connectivity index (χ1) is 8.07. The first-order valence-electron chi connectivity index (χ1n) is 5.54. The summed E-state index contributed by atoms with van der Waals surface area (Å²) >= 11 is 3.17. The lowest BCUT2D eigenvalue weighted by Gasteiger charge is -2.39. The molecular weight excluding hydrogens is 287 g/mol. The monoisotopic (exact) mass is 300 g/mol. The molecule has 0 radical (unpaired) electrons. The van der Waals surface area contributed by atoms with E-state index in [1.807, 2.05) is 0 Å². The van der Waals surface area contributed by atoms with Crippen molar-refractivity contribution in [3.05, 3.63) is 28.5 Å². The lowest BCUT2D eigenvalue weighted by Crippen LogP contribution is -2.47. The SMILES string of the molecule is NCC1(C(=O)Nc2ccc(Br)cc2F)CCC1. The highest BCUT2D eigenvalue weighted by atomic mass is 79.9. The fourth-order valence-electron chi connectivity index (χ4n) is 1.97. The van der Waals surface area contributed by atoms with Gasteiger partial charge in [0.15, 0.2) is 0 Å². The van der Waals surface area contributed by atoms with Crippen LogP contribution in [0, 0.1) is 11.2 Å². The molecule has 0 atom stereocenters. The van der Waals surface area contributed by atoms with Gasteiger partial charge in [-0.1, -0.05) is 22.4 Å². The van der Waals surface area contributed by atoms with Gasteiger partial charge in [-0.05, 0) is 31.0 Å². The Labute approximate surface area is 108 Å². The zero-order valence-electron chi connectivity index (χ0n) is 9.30. The van der Waals surface area contributed by atoms with Crippen molar-refractivity contribution in [2.45, 2.75) is 19.3 Å². The number of hydrogen-bond donors (Lipinski definition) is 2. The third kappa shape index (κ3) is 2.35. The predicted octanol–water partition coefficient (Wildman–Crippen LogP) is 2.66. The van der Waals surface area contributed by atoms with Crippen LogP contribution in [0.3, 0.4) is 0 Å². The topological polar surface area (TPSA) is 55.1 Å². The van der Waals surface area contributed by atoms with Crippen molar-refractivity contribution in [1.29, 1.82) is 0 Å². The van der Waals surface area contributed by atoms with Gasteiger partial charge in [-0.2, -0.15) is 0 Å². The van der Waals surface area contributed by atoms with Crippen LogP contribution in [0.25, 0.3) is 0 Å². The van der Waals surface area contributed by atoms with Gasteiger partial charge < -0.3 is 11.1 Å². The first-order valence-corrected chi connectivity index (χ1v) is 6.33. The van der Waals surface area contributed by atoms with Crippen molar-refractivity contribution in [2.75, 3.05) is 11.9 Å². The molecule has 1 fully saturated rings. The molecule has 1 aliphatic carbocycles. The molecule has 5 heteroatoms. The first kappa shape index (κ1) is 12.5. The minimum absolute atomic E-state index is 0.174. The zero-order valence-corrected chi connectivity index (χ0v) is 10.9. The Hall–Kier alpha value is -0.940. The second-order valence-electron chi connectivity index (χ2n) is 4.42. The van der Waals surface area contributed by atoms with Gasteiger partial charge in [0.25, 0.3) is 0 Å². The van der Waals surface area contributed by atoms with Crippen molar-refractivity contribution in [3.8, 4) is 0 Å². The Kier molecular flexibility index (Phi) is 3.49. The number of carbonyl (C=O) groups excluding carboxylic acids is 1. The van der Waals surface area contributed by atoms with E-state index in [9.17, 15) is 9.18 Å². The van der Waals surface area contributed by atoms with E-state index >= 15 is 0 Å². The summed E-state index contributed by atoms with van der Waals surface area (Å²) in [5.74, 6) is -0.619. The molecule has 1 saturated carbocycles. The number of amides is 1. The van der Waals surface area contributed by atoms with E-state index in [4.69, 9.17) is 5.73 Å². The molecule has 1 aromatic carbocycles. The van der Waals surface area contributed by atoms with Crippen LogP contribution in [-0.4, -0.2) is 12.5 Å². The summed E-state index contributed by atoms with van der Waals surface area (Å²) in [6.45, 7) is 0.316. The molecule has 1 aromatic rings. The lowest BCUT2D eigenvalue weighted by molar-refractivity contribution is -0.129. The van der Waals surface area contributed by atoms with E-state index in [0.29, 0.717) is 11.0 Å². The Morgan fingerprint density at radius 2 is 2.24 bits per heavy atom. The maximum Gasteiger partial charge on any atom is 0.231 e. The van der Waals surface area contributed by atoms with Crippen molar-refractivity contribution in [1.82, 2.24) is 0 Å². The molecule has 3 nitrogen and oxygen atoms in total. The van der Waals surface area contributed by atoms with Crippen LogP contribution in [0.4, 0.5) is 10.1 Å². The molecule has 0 bridgehead atoms. The van der Waals surface area contributed by atoms with Gasteiger partial charge in [-0.3, -0.25) is 4.79 Å². The number of nitrogens with one attached hydrogen (secondary N) is 1. The van der Waals surface area contributed by atoms with Gasteiger partial charge in [-0.15, -0.1) is 0 Å². The van der Waals surface area contributed by atoms with E-state index in [1.54, 1.807) is 12.1 Å². The number of nitrogens with two attached hydrogens (primary N) is 1. The molecule has 3 N–H and O–H groups in total. The largest absolute Gasteiger partial charge is 0.329 e. The fourth-order valence-corrected chi connectivity index (χ4v) is 2.31. The van der Waals surface area contributed by atoms with Crippen LogP contribution in [0.15, 0.2) is 22.7 Å².